The van der Waals surface area contributed by atoms with Crippen LogP contribution in [0.5, 0.6) is 0 Å². The van der Waals surface area contributed by atoms with E-state index in [1.54, 1.807) is 32.4 Å². The number of carbonyl (C=O) groups excluding carboxylic acids is 2. The van der Waals surface area contributed by atoms with Crippen LogP contribution >= 0.6 is 0 Å². The third kappa shape index (κ3) is 6.23. The highest BCUT2D eigenvalue weighted by Gasteiger charge is 2.27. The minimum Gasteiger partial charge on any atom is -0.383 e. The van der Waals surface area contributed by atoms with E-state index in [0.29, 0.717) is 42.9 Å². The first-order valence-electron chi connectivity index (χ1n) is 10.1. The number of carbonyl (C=O) groups is 2. The number of nitrogens with zero attached hydrogens (tertiary/aromatic N) is 4. The number of aldehydes is 1. The van der Waals surface area contributed by atoms with Gasteiger partial charge in [0.2, 0.25) is 0 Å². The lowest BCUT2D eigenvalue weighted by atomic mass is 10.1. The predicted molar refractivity (Wildman–Crippen MR) is 121 cm³/mol. The SMILES string of the molecule is CCC(COC)N(C(=O)Nc1cc(NCCOC)c(C#N)cn1)c1nc(C=O)ccc1C. The number of nitriles is 1. The highest BCUT2D eigenvalue weighted by atomic mass is 16.5. The summed E-state index contributed by atoms with van der Waals surface area (Å²) < 4.78 is 10.3. The molecule has 10 heteroatoms. The molecule has 0 aliphatic rings. The molecule has 0 saturated carbocycles. The molecule has 2 aromatic heterocycles. The van der Waals surface area contributed by atoms with E-state index in [0.717, 1.165) is 5.56 Å². The summed E-state index contributed by atoms with van der Waals surface area (Å²) in [6.07, 6.45) is 2.62. The number of methoxy groups -OCH3 is 2. The van der Waals surface area contributed by atoms with Gasteiger partial charge in [-0.15, -0.1) is 0 Å². The summed E-state index contributed by atoms with van der Waals surface area (Å²) in [5.74, 6) is 0.624. The van der Waals surface area contributed by atoms with E-state index < -0.39 is 6.03 Å². The van der Waals surface area contributed by atoms with Crippen molar-refractivity contribution in [3.05, 3.63) is 41.2 Å². The van der Waals surface area contributed by atoms with E-state index in [1.165, 1.54) is 11.1 Å². The third-order valence-electron chi connectivity index (χ3n) is 4.74. The smallest absolute Gasteiger partial charge is 0.329 e. The lowest BCUT2D eigenvalue weighted by Crippen LogP contribution is -2.46. The molecule has 0 saturated heterocycles. The molecule has 1 unspecified atom stereocenters. The van der Waals surface area contributed by atoms with Gasteiger partial charge in [-0.3, -0.25) is 15.0 Å². The molecule has 2 heterocycles. The Labute approximate surface area is 187 Å². The monoisotopic (exact) mass is 440 g/mol. The van der Waals surface area contributed by atoms with Crippen LogP contribution < -0.4 is 15.5 Å². The molecule has 32 heavy (non-hydrogen) atoms. The number of urea groups is 1. The Hall–Kier alpha value is -3.55. The van der Waals surface area contributed by atoms with Gasteiger partial charge in [0.25, 0.3) is 0 Å². The van der Waals surface area contributed by atoms with Crippen LogP contribution in [0.3, 0.4) is 0 Å². The second kappa shape index (κ2) is 12.3. The van der Waals surface area contributed by atoms with Crippen LogP contribution in [0, 0.1) is 18.3 Å². The Morgan fingerprint density at radius 1 is 1.34 bits per heavy atom. The molecule has 2 aromatic rings. The number of nitrogens with one attached hydrogen (secondary N) is 2. The summed E-state index contributed by atoms with van der Waals surface area (Å²) in [6, 6.07) is 6.18. The average molecular weight is 441 g/mol. The van der Waals surface area contributed by atoms with Crippen molar-refractivity contribution in [2.45, 2.75) is 26.3 Å². The quantitative estimate of drug-likeness (QED) is 0.403. The fourth-order valence-electron chi connectivity index (χ4n) is 3.06. The first kappa shape index (κ1) is 24.7. The predicted octanol–water partition coefficient (Wildman–Crippen LogP) is 2.99. The molecule has 0 radical (unpaired) electrons. The lowest BCUT2D eigenvalue weighted by molar-refractivity contribution is 0.111. The summed E-state index contributed by atoms with van der Waals surface area (Å²) in [5.41, 5.74) is 1.83. The average Bonchev–Trinajstić information content (AvgIpc) is 2.80. The Bertz CT molecular complexity index is 975. The van der Waals surface area contributed by atoms with Gasteiger partial charge >= 0.3 is 6.03 Å². The minimum atomic E-state index is -0.479. The number of rotatable bonds is 11. The summed E-state index contributed by atoms with van der Waals surface area (Å²) in [5, 5.41) is 15.2. The first-order valence-corrected chi connectivity index (χ1v) is 10.1. The Balaban J connectivity index is 2.39. The molecule has 0 spiro atoms. The zero-order chi connectivity index (χ0) is 23.5. The van der Waals surface area contributed by atoms with E-state index in [9.17, 15) is 14.9 Å². The molecule has 0 aliphatic heterocycles. The van der Waals surface area contributed by atoms with Crippen molar-refractivity contribution >= 4 is 29.6 Å². The Morgan fingerprint density at radius 3 is 2.75 bits per heavy atom. The molecule has 170 valence electrons. The Morgan fingerprint density at radius 2 is 2.12 bits per heavy atom. The van der Waals surface area contributed by atoms with Crippen molar-refractivity contribution in [2.24, 2.45) is 0 Å². The number of aromatic nitrogens is 2. The van der Waals surface area contributed by atoms with Crippen LogP contribution in [-0.4, -0.2) is 62.3 Å². The van der Waals surface area contributed by atoms with Crippen molar-refractivity contribution in [1.29, 1.82) is 5.26 Å². The van der Waals surface area contributed by atoms with Gasteiger partial charge in [0.1, 0.15) is 23.4 Å². The second-order valence-electron chi connectivity index (χ2n) is 6.96. The lowest BCUT2D eigenvalue weighted by Gasteiger charge is -2.31. The molecular formula is C22H28N6O4. The van der Waals surface area contributed by atoms with Gasteiger partial charge < -0.3 is 14.8 Å². The molecule has 2 N–H and O–H groups in total. The third-order valence-corrected chi connectivity index (χ3v) is 4.74. The number of aryl methyl sites for hydroxylation is 1. The molecular weight excluding hydrogens is 412 g/mol. The summed E-state index contributed by atoms with van der Waals surface area (Å²) >= 11 is 0. The van der Waals surface area contributed by atoms with Crippen LogP contribution in [0.2, 0.25) is 0 Å². The first-order chi connectivity index (χ1) is 15.5. The number of pyridine rings is 2. The van der Waals surface area contributed by atoms with Crippen molar-refractivity contribution in [3.63, 3.8) is 0 Å². The molecule has 0 aromatic carbocycles. The number of ether oxygens (including phenoxy) is 2. The van der Waals surface area contributed by atoms with Crippen molar-refractivity contribution in [2.75, 3.05) is 49.5 Å². The molecule has 1 atom stereocenters. The highest BCUT2D eigenvalue weighted by Crippen LogP contribution is 2.24. The number of amides is 2. The van der Waals surface area contributed by atoms with Gasteiger partial charge in [-0.1, -0.05) is 13.0 Å². The van der Waals surface area contributed by atoms with Crippen molar-refractivity contribution < 1.29 is 19.1 Å². The molecule has 0 aliphatic carbocycles. The van der Waals surface area contributed by atoms with Gasteiger partial charge in [0.15, 0.2) is 6.29 Å². The van der Waals surface area contributed by atoms with E-state index in [2.05, 4.69) is 26.7 Å². The van der Waals surface area contributed by atoms with Gasteiger partial charge in [-0.05, 0) is 25.0 Å². The fourth-order valence-corrected chi connectivity index (χ4v) is 3.06. The van der Waals surface area contributed by atoms with E-state index in [1.807, 2.05) is 13.8 Å². The van der Waals surface area contributed by atoms with Crippen LogP contribution in [0.1, 0.15) is 35.0 Å². The highest BCUT2D eigenvalue weighted by molar-refractivity contribution is 6.02. The van der Waals surface area contributed by atoms with Crippen molar-refractivity contribution in [3.8, 4) is 6.07 Å². The molecule has 2 rings (SSSR count). The zero-order valence-electron chi connectivity index (χ0n) is 18.7. The molecule has 0 bridgehead atoms. The number of hydrogen-bond acceptors (Lipinski definition) is 8. The Kier molecular flexibility index (Phi) is 9.53. The van der Waals surface area contributed by atoms with Gasteiger partial charge in [0.05, 0.1) is 30.5 Å². The van der Waals surface area contributed by atoms with Gasteiger partial charge in [0, 0.05) is 33.0 Å². The normalized spacial score (nSPS) is 11.3. The standard InChI is InChI=1S/C22H28N6O4/c1-5-18(14-32-4)28(21-15(2)6-7-17(13-29)26-21)22(30)27-20-10-19(24-8-9-31-3)16(11-23)12-25-20/h6-7,10,12-13,18H,5,8-9,14H2,1-4H3,(H2,24,25,27,30). The molecule has 0 fully saturated rings. The van der Waals surface area contributed by atoms with Gasteiger partial charge in [-0.25, -0.2) is 14.8 Å². The maximum absolute atomic E-state index is 13.4. The minimum absolute atomic E-state index is 0.219. The largest absolute Gasteiger partial charge is 0.383 e. The van der Waals surface area contributed by atoms with E-state index in [4.69, 9.17) is 9.47 Å². The zero-order valence-corrected chi connectivity index (χ0v) is 18.7. The maximum Gasteiger partial charge on any atom is 0.329 e. The van der Waals surface area contributed by atoms with E-state index in [-0.39, 0.29) is 24.2 Å². The molecule has 10 nitrogen and oxygen atoms in total. The summed E-state index contributed by atoms with van der Waals surface area (Å²) in [6.45, 7) is 4.97. The summed E-state index contributed by atoms with van der Waals surface area (Å²) in [4.78, 5) is 34.6. The van der Waals surface area contributed by atoms with Gasteiger partial charge in [-0.2, -0.15) is 5.26 Å². The van der Waals surface area contributed by atoms with Crippen LogP contribution in [0.4, 0.5) is 22.1 Å². The van der Waals surface area contributed by atoms with Crippen LogP contribution in [0.25, 0.3) is 0 Å². The van der Waals surface area contributed by atoms with Crippen LogP contribution in [0.15, 0.2) is 24.4 Å². The number of hydrogen-bond donors (Lipinski definition) is 2. The topological polar surface area (TPSA) is 129 Å². The number of anilines is 3. The van der Waals surface area contributed by atoms with E-state index >= 15 is 0 Å². The van der Waals surface area contributed by atoms with Crippen LogP contribution in [-0.2, 0) is 9.47 Å². The van der Waals surface area contributed by atoms with Crippen molar-refractivity contribution in [1.82, 2.24) is 9.97 Å². The summed E-state index contributed by atoms with van der Waals surface area (Å²) in [7, 11) is 3.14. The fraction of sp³-hybridized carbons (Fsp3) is 0.409. The maximum atomic E-state index is 13.4. The second-order valence-corrected chi connectivity index (χ2v) is 6.96. The molecule has 2 amide bonds.